The molecule has 5 heteroatoms. The number of piperidine rings is 1. The first-order valence-electron chi connectivity index (χ1n) is 12.8. The normalized spacial score (nSPS) is 13.9. The highest BCUT2D eigenvalue weighted by atomic mass is 16.5. The standard InChI is InChI=1S/C26H27N3O2.2C2H6/c1-30-21-10-12-23(13-11-21)31-22-8-6-19(7-9-22)18-29-16-14-20(15-17-29)26-27-24-4-2-3-5-25(24)28-26;2*1-2/h2-13,20H,14-18H2,1H3,(H,27,28);2*1-2H3. The third-order valence-corrected chi connectivity index (χ3v) is 6.01. The molecule has 1 aliphatic rings. The predicted molar refractivity (Wildman–Crippen MR) is 146 cm³/mol. The number of fused-ring (bicyclic) bond motifs is 1. The molecule has 5 nitrogen and oxygen atoms in total. The Morgan fingerprint density at radius 3 is 1.97 bits per heavy atom. The van der Waals surface area contributed by atoms with Gasteiger partial charge >= 0.3 is 0 Å². The van der Waals surface area contributed by atoms with Crippen LogP contribution in [0.4, 0.5) is 0 Å². The lowest BCUT2D eigenvalue weighted by atomic mass is 9.96. The second-order valence-corrected chi connectivity index (χ2v) is 8.11. The molecule has 0 spiro atoms. The van der Waals surface area contributed by atoms with E-state index < -0.39 is 0 Å². The highest BCUT2D eigenvalue weighted by Crippen LogP contribution is 2.29. The van der Waals surface area contributed by atoms with Gasteiger partial charge in [0, 0.05) is 12.5 Å². The van der Waals surface area contributed by atoms with E-state index in [1.54, 1.807) is 7.11 Å². The van der Waals surface area contributed by atoms with Crippen LogP contribution < -0.4 is 9.47 Å². The summed E-state index contributed by atoms with van der Waals surface area (Å²) in [5.41, 5.74) is 3.51. The largest absolute Gasteiger partial charge is 0.497 e. The van der Waals surface area contributed by atoms with Gasteiger partial charge in [-0.05, 0) is 80.0 Å². The molecular formula is C30H39N3O2. The lowest BCUT2D eigenvalue weighted by Gasteiger charge is -2.31. The van der Waals surface area contributed by atoms with Gasteiger partial charge in [0.05, 0.1) is 18.1 Å². The van der Waals surface area contributed by atoms with Crippen molar-refractivity contribution in [2.24, 2.45) is 0 Å². The number of aromatic nitrogens is 2. The van der Waals surface area contributed by atoms with Gasteiger partial charge in [-0.25, -0.2) is 4.98 Å². The first-order chi connectivity index (χ1) is 17.3. The van der Waals surface area contributed by atoms with Crippen molar-refractivity contribution < 1.29 is 9.47 Å². The SMILES string of the molecule is CC.CC.COc1ccc(Oc2ccc(CN3CCC(c4nc5ccccc5[nH]4)CC3)cc2)cc1. The van der Waals surface area contributed by atoms with Crippen LogP contribution in [-0.4, -0.2) is 35.1 Å². The molecule has 1 aliphatic heterocycles. The number of para-hydroxylation sites is 2. The van der Waals surface area contributed by atoms with Crippen molar-refractivity contribution in [3.63, 3.8) is 0 Å². The summed E-state index contributed by atoms with van der Waals surface area (Å²) in [5, 5.41) is 0. The molecule has 1 fully saturated rings. The fourth-order valence-corrected chi connectivity index (χ4v) is 4.23. The second-order valence-electron chi connectivity index (χ2n) is 8.11. The summed E-state index contributed by atoms with van der Waals surface area (Å²) in [5.74, 6) is 4.13. The summed E-state index contributed by atoms with van der Waals surface area (Å²) in [6, 6.07) is 24.3. The molecule has 0 saturated carbocycles. The molecule has 2 heterocycles. The van der Waals surface area contributed by atoms with Crippen molar-refractivity contribution in [2.45, 2.75) is 53.0 Å². The zero-order chi connectivity index (χ0) is 25.0. The van der Waals surface area contributed by atoms with Gasteiger partial charge in [-0.15, -0.1) is 0 Å². The lowest BCUT2D eigenvalue weighted by Crippen LogP contribution is -2.32. The topological polar surface area (TPSA) is 50.4 Å². The minimum Gasteiger partial charge on any atom is -0.497 e. The Bertz CT molecular complexity index is 1100. The van der Waals surface area contributed by atoms with Crippen LogP contribution in [0.2, 0.25) is 0 Å². The monoisotopic (exact) mass is 473 g/mol. The van der Waals surface area contributed by atoms with Gasteiger partial charge in [0.2, 0.25) is 0 Å². The Labute approximate surface area is 210 Å². The lowest BCUT2D eigenvalue weighted by molar-refractivity contribution is 0.202. The number of methoxy groups -OCH3 is 1. The average Bonchev–Trinajstić information content (AvgIpc) is 3.37. The molecule has 35 heavy (non-hydrogen) atoms. The molecule has 1 saturated heterocycles. The van der Waals surface area contributed by atoms with E-state index in [4.69, 9.17) is 14.5 Å². The summed E-state index contributed by atoms with van der Waals surface area (Å²) in [7, 11) is 1.66. The number of rotatable bonds is 6. The Kier molecular flexibility index (Phi) is 10.2. The van der Waals surface area contributed by atoms with Crippen molar-refractivity contribution in [2.75, 3.05) is 20.2 Å². The van der Waals surface area contributed by atoms with Gasteiger partial charge in [-0.1, -0.05) is 52.0 Å². The number of imidazole rings is 1. The van der Waals surface area contributed by atoms with Gasteiger partial charge in [-0.2, -0.15) is 0 Å². The molecule has 0 atom stereocenters. The predicted octanol–water partition coefficient (Wildman–Crippen LogP) is 7.80. The molecular weight excluding hydrogens is 434 g/mol. The van der Waals surface area contributed by atoms with Gasteiger partial charge in [0.25, 0.3) is 0 Å². The summed E-state index contributed by atoms with van der Waals surface area (Å²) >= 11 is 0. The first-order valence-corrected chi connectivity index (χ1v) is 12.8. The maximum Gasteiger partial charge on any atom is 0.127 e. The molecule has 5 rings (SSSR count). The zero-order valence-electron chi connectivity index (χ0n) is 21.8. The van der Waals surface area contributed by atoms with E-state index in [9.17, 15) is 0 Å². The van der Waals surface area contributed by atoms with E-state index in [1.165, 1.54) is 5.56 Å². The minimum atomic E-state index is 0.518. The number of likely N-dealkylation sites (tertiary alicyclic amines) is 1. The van der Waals surface area contributed by atoms with Gasteiger partial charge in [0.1, 0.15) is 23.1 Å². The Balaban J connectivity index is 0.000000815. The Hall–Kier alpha value is -3.31. The molecule has 0 unspecified atom stereocenters. The third-order valence-electron chi connectivity index (χ3n) is 6.01. The van der Waals surface area contributed by atoms with Crippen molar-refractivity contribution in [3.05, 3.63) is 84.2 Å². The smallest absolute Gasteiger partial charge is 0.127 e. The van der Waals surface area contributed by atoms with E-state index >= 15 is 0 Å². The number of ether oxygens (including phenoxy) is 2. The number of hydrogen-bond donors (Lipinski definition) is 1. The number of benzene rings is 3. The molecule has 4 aromatic rings. The van der Waals surface area contributed by atoms with Crippen LogP contribution in [0.3, 0.4) is 0 Å². The van der Waals surface area contributed by atoms with Crippen LogP contribution in [-0.2, 0) is 6.54 Å². The number of H-pyrrole nitrogens is 1. The van der Waals surface area contributed by atoms with E-state index in [2.05, 4.69) is 40.2 Å². The first kappa shape index (κ1) is 26.3. The highest BCUT2D eigenvalue weighted by molar-refractivity contribution is 5.74. The van der Waals surface area contributed by atoms with E-state index in [0.717, 1.165) is 66.6 Å². The number of aromatic amines is 1. The zero-order valence-corrected chi connectivity index (χ0v) is 21.8. The van der Waals surface area contributed by atoms with Gasteiger partial charge in [-0.3, -0.25) is 4.90 Å². The van der Waals surface area contributed by atoms with Gasteiger partial charge in [0.15, 0.2) is 0 Å². The van der Waals surface area contributed by atoms with E-state index in [0.29, 0.717) is 5.92 Å². The number of hydrogen-bond acceptors (Lipinski definition) is 4. The van der Waals surface area contributed by atoms with Crippen LogP contribution in [0.1, 0.15) is 57.8 Å². The van der Waals surface area contributed by atoms with Gasteiger partial charge < -0.3 is 14.5 Å². The molecule has 0 aliphatic carbocycles. The maximum atomic E-state index is 5.93. The van der Waals surface area contributed by atoms with E-state index in [1.807, 2.05) is 70.2 Å². The molecule has 1 N–H and O–H groups in total. The Morgan fingerprint density at radius 2 is 1.37 bits per heavy atom. The Morgan fingerprint density at radius 1 is 0.800 bits per heavy atom. The van der Waals surface area contributed by atoms with Crippen LogP contribution in [0.5, 0.6) is 17.2 Å². The fourth-order valence-electron chi connectivity index (χ4n) is 4.23. The molecule has 186 valence electrons. The van der Waals surface area contributed by atoms with Crippen LogP contribution in [0.15, 0.2) is 72.8 Å². The van der Waals surface area contributed by atoms with Crippen LogP contribution in [0.25, 0.3) is 11.0 Å². The van der Waals surface area contributed by atoms with Crippen LogP contribution in [0, 0.1) is 0 Å². The number of nitrogens with zero attached hydrogens (tertiary/aromatic N) is 2. The van der Waals surface area contributed by atoms with Crippen molar-refractivity contribution in [3.8, 4) is 17.2 Å². The molecule has 3 aromatic carbocycles. The summed E-state index contributed by atoms with van der Waals surface area (Å²) < 4.78 is 11.1. The number of nitrogens with one attached hydrogen (secondary N) is 1. The molecule has 0 bridgehead atoms. The van der Waals surface area contributed by atoms with Crippen molar-refractivity contribution >= 4 is 11.0 Å². The summed E-state index contributed by atoms with van der Waals surface area (Å²) in [6.07, 6.45) is 2.27. The van der Waals surface area contributed by atoms with Crippen molar-refractivity contribution in [1.29, 1.82) is 0 Å². The maximum absolute atomic E-state index is 5.93. The molecule has 1 aromatic heterocycles. The summed E-state index contributed by atoms with van der Waals surface area (Å²) in [6.45, 7) is 11.1. The van der Waals surface area contributed by atoms with Crippen molar-refractivity contribution in [1.82, 2.24) is 14.9 Å². The highest BCUT2D eigenvalue weighted by Gasteiger charge is 2.23. The average molecular weight is 474 g/mol. The van der Waals surface area contributed by atoms with Crippen LogP contribution >= 0.6 is 0 Å². The fraction of sp³-hybridized carbons (Fsp3) is 0.367. The second kappa shape index (κ2) is 13.5. The molecule has 0 radical (unpaired) electrons. The minimum absolute atomic E-state index is 0.518. The molecule has 0 amide bonds. The van der Waals surface area contributed by atoms with E-state index in [-0.39, 0.29) is 0 Å². The third kappa shape index (κ3) is 7.09. The summed E-state index contributed by atoms with van der Waals surface area (Å²) in [4.78, 5) is 10.8. The quantitative estimate of drug-likeness (QED) is 0.310.